The molecule has 2 bridgehead atoms. The average molecular weight is 530 g/mol. The van der Waals surface area contributed by atoms with Crippen molar-refractivity contribution in [1.82, 2.24) is 4.98 Å². The number of amides is 2. The number of halogens is 1. The van der Waals surface area contributed by atoms with Crippen molar-refractivity contribution in [3.63, 3.8) is 0 Å². The van der Waals surface area contributed by atoms with E-state index >= 15 is 0 Å². The molecule has 0 aliphatic carbocycles. The van der Waals surface area contributed by atoms with Crippen LogP contribution in [0, 0.1) is 22.7 Å². The molecule has 3 fully saturated rings. The van der Waals surface area contributed by atoms with Gasteiger partial charge in [-0.25, -0.2) is 9.88 Å². The first-order valence-corrected chi connectivity index (χ1v) is 13.4. The van der Waals surface area contributed by atoms with Crippen molar-refractivity contribution >= 4 is 39.9 Å². The summed E-state index contributed by atoms with van der Waals surface area (Å²) in [6.07, 6.45) is 4.93. The van der Waals surface area contributed by atoms with Crippen molar-refractivity contribution in [2.24, 2.45) is 11.3 Å². The van der Waals surface area contributed by atoms with Crippen LogP contribution in [-0.4, -0.2) is 34.6 Å². The molecule has 3 saturated heterocycles. The molecule has 194 valence electrons. The zero-order valence-electron chi connectivity index (χ0n) is 21.4. The summed E-state index contributed by atoms with van der Waals surface area (Å²) >= 11 is 5.94. The van der Waals surface area contributed by atoms with Crippen LogP contribution in [0.4, 0.5) is 5.69 Å². The highest BCUT2D eigenvalue weighted by Gasteiger charge is 2.81. The molecule has 2 aromatic carbocycles. The van der Waals surface area contributed by atoms with Crippen molar-refractivity contribution in [1.29, 1.82) is 5.26 Å². The number of pyridine rings is 1. The Kier molecular flexibility index (Phi) is 5.75. The van der Waals surface area contributed by atoms with Gasteiger partial charge in [-0.2, -0.15) is 5.26 Å². The third-order valence-electron chi connectivity index (χ3n) is 8.91. The second-order valence-corrected chi connectivity index (χ2v) is 11.2. The van der Waals surface area contributed by atoms with Gasteiger partial charge in [0.05, 0.1) is 51.5 Å². The van der Waals surface area contributed by atoms with Crippen LogP contribution in [0.1, 0.15) is 51.5 Å². The minimum atomic E-state index is -1.04. The van der Waals surface area contributed by atoms with Crippen LogP contribution in [0.3, 0.4) is 0 Å². The Balaban J connectivity index is 1.40. The second kappa shape index (κ2) is 8.79. The standard InChI is InChI=1S/C30H28ClN3O4/c1-3-12-29-13-14-30(38-29,15-16-37-24-11-9-20(31)18-33-24)28(2)25(29)26(35)34(27(28)36)23-10-8-19(17-32)21-6-4-5-7-22(21)23/h4-11,18,25H,3,12-16H2,1-2H3/t25-,28-,29?,30?/m1/s1. The Morgan fingerprint density at radius 3 is 2.63 bits per heavy atom. The monoisotopic (exact) mass is 529 g/mol. The predicted octanol–water partition coefficient (Wildman–Crippen LogP) is 5.83. The van der Waals surface area contributed by atoms with Gasteiger partial charge in [0.2, 0.25) is 17.7 Å². The quantitative estimate of drug-likeness (QED) is 0.358. The average Bonchev–Trinajstić information content (AvgIpc) is 3.47. The molecule has 7 nitrogen and oxygen atoms in total. The van der Waals surface area contributed by atoms with E-state index in [0.717, 1.165) is 18.2 Å². The van der Waals surface area contributed by atoms with Gasteiger partial charge in [-0.1, -0.05) is 49.2 Å². The van der Waals surface area contributed by atoms with Gasteiger partial charge >= 0.3 is 0 Å². The number of nitriles is 1. The molecule has 0 spiro atoms. The van der Waals surface area contributed by atoms with Crippen molar-refractivity contribution in [3.8, 4) is 11.9 Å². The molecule has 8 heteroatoms. The largest absolute Gasteiger partial charge is 0.478 e. The lowest BCUT2D eigenvalue weighted by Gasteiger charge is -2.40. The van der Waals surface area contributed by atoms with E-state index in [-0.39, 0.29) is 11.8 Å². The fourth-order valence-electron chi connectivity index (χ4n) is 7.27. The summed E-state index contributed by atoms with van der Waals surface area (Å²) < 4.78 is 12.8. The van der Waals surface area contributed by atoms with Gasteiger partial charge in [-0.3, -0.25) is 9.59 Å². The Hall–Kier alpha value is -3.47. The Bertz CT molecular complexity index is 1500. The molecule has 3 aromatic rings. The van der Waals surface area contributed by atoms with E-state index in [2.05, 4.69) is 18.0 Å². The summed E-state index contributed by atoms with van der Waals surface area (Å²) in [6, 6.07) is 16.5. The van der Waals surface area contributed by atoms with E-state index in [1.54, 1.807) is 24.3 Å². The molecule has 0 saturated carbocycles. The molecule has 6 rings (SSSR count). The van der Waals surface area contributed by atoms with Crippen LogP contribution in [0.2, 0.25) is 5.02 Å². The third kappa shape index (κ3) is 3.26. The summed E-state index contributed by atoms with van der Waals surface area (Å²) in [5.74, 6) is -0.602. The second-order valence-electron chi connectivity index (χ2n) is 10.7. The van der Waals surface area contributed by atoms with Crippen LogP contribution in [0.25, 0.3) is 10.8 Å². The molecule has 4 atom stereocenters. The third-order valence-corrected chi connectivity index (χ3v) is 9.13. The summed E-state index contributed by atoms with van der Waals surface area (Å²) in [6.45, 7) is 4.28. The number of nitrogens with zero attached hydrogens (tertiary/aromatic N) is 3. The first-order valence-electron chi connectivity index (χ1n) is 13.0. The highest BCUT2D eigenvalue weighted by Crippen LogP contribution is 2.70. The van der Waals surface area contributed by atoms with Gasteiger partial charge in [0.25, 0.3) is 0 Å². The van der Waals surface area contributed by atoms with Gasteiger partial charge < -0.3 is 9.47 Å². The molecular weight excluding hydrogens is 502 g/mol. The lowest BCUT2D eigenvalue weighted by atomic mass is 9.57. The zero-order valence-corrected chi connectivity index (χ0v) is 22.1. The summed E-state index contributed by atoms with van der Waals surface area (Å²) in [5, 5.41) is 11.6. The normalized spacial score (nSPS) is 29.6. The molecule has 1 aromatic heterocycles. The van der Waals surface area contributed by atoms with Crippen molar-refractivity contribution in [2.75, 3.05) is 11.5 Å². The van der Waals surface area contributed by atoms with Gasteiger partial charge in [-0.15, -0.1) is 0 Å². The molecule has 3 aliphatic rings. The summed E-state index contributed by atoms with van der Waals surface area (Å²) in [7, 11) is 0. The van der Waals surface area contributed by atoms with Crippen LogP contribution >= 0.6 is 11.6 Å². The number of carbonyl (C=O) groups is 2. The van der Waals surface area contributed by atoms with E-state index < -0.39 is 22.5 Å². The number of anilines is 1. The number of carbonyl (C=O) groups excluding carboxylic acids is 2. The lowest BCUT2D eigenvalue weighted by molar-refractivity contribution is -0.139. The van der Waals surface area contributed by atoms with E-state index in [4.69, 9.17) is 21.1 Å². The maximum Gasteiger partial charge on any atom is 0.243 e. The van der Waals surface area contributed by atoms with Crippen molar-refractivity contribution in [2.45, 2.75) is 57.2 Å². The van der Waals surface area contributed by atoms with Gasteiger partial charge in [-0.05, 0) is 44.4 Å². The fourth-order valence-corrected chi connectivity index (χ4v) is 7.38. The minimum absolute atomic E-state index is 0.220. The van der Waals surface area contributed by atoms with Crippen LogP contribution in [0.5, 0.6) is 5.88 Å². The summed E-state index contributed by atoms with van der Waals surface area (Å²) in [5.41, 5.74) is -1.53. The highest BCUT2D eigenvalue weighted by molar-refractivity contribution is 6.30. The Labute approximate surface area is 226 Å². The molecule has 4 heterocycles. The topological polar surface area (TPSA) is 92.5 Å². The fraction of sp³-hybridized carbons (Fsp3) is 0.400. The number of rotatable bonds is 7. The zero-order chi connectivity index (χ0) is 26.7. The first-order chi connectivity index (χ1) is 18.3. The van der Waals surface area contributed by atoms with E-state index in [0.29, 0.717) is 53.4 Å². The number of ether oxygens (including phenoxy) is 2. The number of hydrogen-bond acceptors (Lipinski definition) is 6. The molecule has 0 radical (unpaired) electrons. The smallest absolute Gasteiger partial charge is 0.243 e. The number of imide groups is 1. The van der Waals surface area contributed by atoms with Crippen molar-refractivity contribution in [3.05, 3.63) is 65.3 Å². The van der Waals surface area contributed by atoms with Crippen LogP contribution < -0.4 is 9.64 Å². The molecule has 38 heavy (non-hydrogen) atoms. The van der Waals surface area contributed by atoms with E-state index in [1.807, 2.05) is 31.2 Å². The minimum Gasteiger partial charge on any atom is -0.478 e. The number of benzene rings is 2. The van der Waals surface area contributed by atoms with Gasteiger partial charge in [0.1, 0.15) is 0 Å². The maximum atomic E-state index is 14.4. The number of aromatic nitrogens is 1. The first kappa shape index (κ1) is 24.8. The van der Waals surface area contributed by atoms with Crippen LogP contribution in [-0.2, 0) is 14.3 Å². The molecule has 2 unspecified atom stereocenters. The SMILES string of the molecule is CCCC12CCC(CCOc3ccc(Cl)cn3)(O1)[C@@]1(C)C(=O)N(c3ccc(C#N)c4ccccc34)C(=O)[C@@H]21. The number of hydrogen-bond donors (Lipinski definition) is 0. The van der Waals surface area contributed by atoms with Crippen molar-refractivity contribution < 1.29 is 19.1 Å². The maximum absolute atomic E-state index is 14.4. The summed E-state index contributed by atoms with van der Waals surface area (Å²) in [4.78, 5) is 34.2. The predicted molar refractivity (Wildman–Crippen MR) is 143 cm³/mol. The molecule has 0 N–H and O–H groups in total. The molecular formula is C30H28ClN3O4. The Morgan fingerprint density at radius 1 is 1.13 bits per heavy atom. The van der Waals surface area contributed by atoms with Gasteiger partial charge in [0, 0.05) is 29.5 Å². The van der Waals surface area contributed by atoms with Gasteiger partial charge in [0.15, 0.2) is 0 Å². The van der Waals surface area contributed by atoms with E-state index in [1.165, 1.54) is 11.1 Å². The highest BCUT2D eigenvalue weighted by atomic mass is 35.5. The molecule has 3 aliphatic heterocycles. The van der Waals surface area contributed by atoms with E-state index in [9.17, 15) is 14.9 Å². The molecule has 2 amide bonds. The number of fused-ring (bicyclic) bond motifs is 6. The lowest BCUT2D eigenvalue weighted by Crippen LogP contribution is -2.52. The van der Waals surface area contributed by atoms with Crippen LogP contribution in [0.15, 0.2) is 54.7 Å². The Morgan fingerprint density at radius 2 is 1.92 bits per heavy atom.